The number of sulfonamides is 1. The predicted molar refractivity (Wildman–Crippen MR) is 52.7 cm³/mol. The van der Waals surface area contributed by atoms with Gasteiger partial charge in [0.25, 0.3) is 0 Å². The topological polar surface area (TPSA) is 113 Å². The molecule has 0 saturated heterocycles. The monoisotopic (exact) mass is 238 g/mol. The molecule has 0 aromatic heterocycles. The summed E-state index contributed by atoms with van der Waals surface area (Å²) in [6.07, 6.45) is -0.435. The summed E-state index contributed by atoms with van der Waals surface area (Å²) in [6.45, 7) is 1.56. The largest absolute Gasteiger partial charge is 0.481 e. The fourth-order valence-electron chi connectivity index (χ4n) is 0.739. The van der Waals surface area contributed by atoms with Gasteiger partial charge in [-0.2, -0.15) is 0 Å². The zero-order chi connectivity index (χ0) is 11.9. The van der Waals surface area contributed by atoms with Crippen molar-refractivity contribution in [2.45, 2.75) is 13.3 Å². The molecule has 0 aromatic rings. The zero-order valence-corrected chi connectivity index (χ0v) is 9.13. The van der Waals surface area contributed by atoms with E-state index < -0.39 is 28.2 Å². The van der Waals surface area contributed by atoms with E-state index in [-0.39, 0.29) is 19.0 Å². The van der Waals surface area contributed by atoms with Gasteiger partial charge in [-0.1, -0.05) is 0 Å². The third kappa shape index (κ3) is 9.16. The Labute approximate surface area is 87.9 Å². The van der Waals surface area contributed by atoms with Crippen molar-refractivity contribution in [2.24, 2.45) is 0 Å². The molecular formula is C7H14N2O5S. The molecule has 0 atom stereocenters. The van der Waals surface area contributed by atoms with Crippen molar-refractivity contribution in [2.75, 3.05) is 18.8 Å². The summed E-state index contributed by atoms with van der Waals surface area (Å²) < 4.78 is 24.3. The van der Waals surface area contributed by atoms with Crippen molar-refractivity contribution in [1.82, 2.24) is 10.0 Å². The molecule has 1 amide bonds. The van der Waals surface area contributed by atoms with Crippen LogP contribution in [0.4, 0.5) is 0 Å². The highest BCUT2D eigenvalue weighted by atomic mass is 32.2. The van der Waals surface area contributed by atoms with Crippen LogP contribution in [0, 0.1) is 0 Å². The van der Waals surface area contributed by atoms with E-state index in [1.807, 2.05) is 0 Å². The van der Waals surface area contributed by atoms with Crippen LogP contribution in [-0.2, 0) is 19.6 Å². The Bertz CT molecular complexity index is 324. The first kappa shape index (κ1) is 13.8. The van der Waals surface area contributed by atoms with Crippen molar-refractivity contribution >= 4 is 21.9 Å². The van der Waals surface area contributed by atoms with Gasteiger partial charge in [-0.05, 0) is 0 Å². The summed E-state index contributed by atoms with van der Waals surface area (Å²) in [6, 6.07) is 0. The van der Waals surface area contributed by atoms with Gasteiger partial charge in [0.2, 0.25) is 15.9 Å². The molecule has 0 aromatic carbocycles. The molecule has 0 saturated carbocycles. The van der Waals surface area contributed by atoms with Crippen LogP contribution in [0.15, 0.2) is 0 Å². The number of amides is 1. The van der Waals surface area contributed by atoms with E-state index in [1.165, 1.54) is 6.92 Å². The number of hydrogen-bond donors (Lipinski definition) is 3. The second kappa shape index (κ2) is 6.36. The smallest absolute Gasteiger partial charge is 0.304 e. The van der Waals surface area contributed by atoms with Crippen LogP contribution in [0.2, 0.25) is 0 Å². The maximum atomic E-state index is 11.1. The van der Waals surface area contributed by atoms with Gasteiger partial charge in [0, 0.05) is 20.0 Å². The van der Waals surface area contributed by atoms with E-state index in [9.17, 15) is 18.0 Å². The molecule has 15 heavy (non-hydrogen) atoms. The molecule has 0 radical (unpaired) electrons. The Morgan fingerprint density at radius 3 is 2.33 bits per heavy atom. The fourth-order valence-corrected chi connectivity index (χ4v) is 1.74. The summed E-state index contributed by atoms with van der Waals surface area (Å²) >= 11 is 0. The molecule has 7 nitrogen and oxygen atoms in total. The summed E-state index contributed by atoms with van der Waals surface area (Å²) in [5.41, 5.74) is 0. The third-order valence-electron chi connectivity index (χ3n) is 1.41. The van der Waals surface area contributed by atoms with E-state index in [2.05, 4.69) is 10.0 Å². The highest BCUT2D eigenvalue weighted by molar-refractivity contribution is 7.89. The van der Waals surface area contributed by atoms with Crippen LogP contribution in [-0.4, -0.2) is 44.2 Å². The average Bonchev–Trinajstić information content (AvgIpc) is 2.09. The predicted octanol–water partition coefficient (Wildman–Crippen LogP) is -1.48. The fraction of sp³-hybridized carbons (Fsp3) is 0.714. The van der Waals surface area contributed by atoms with Gasteiger partial charge in [-0.25, -0.2) is 13.1 Å². The molecule has 0 heterocycles. The first-order chi connectivity index (χ1) is 6.83. The Morgan fingerprint density at radius 1 is 1.27 bits per heavy atom. The molecule has 88 valence electrons. The second-order valence-corrected chi connectivity index (χ2v) is 4.77. The normalized spacial score (nSPS) is 11.0. The molecule has 0 spiro atoms. The van der Waals surface area contributed by atoms with E-state index >= 15 is 0 Å². The highest BCUT2D eigenvalue weighted by Gasteiger charge is 2.11. The first-order valence-electron chi connectivity index (χ1n) is 4.27. The van der Waals surface area contributed by atoms with Gasteiger partial charge < -0.3 is 10.4 Å². The number of rotatable bonds is 7. The molecule has 3 N–H and O–H groups in total. The Hall–Kier alpha value is -1.15. The number of carbonyl (C=O) groups excluding carboxylic acids is 1. The number of aliphatic carboxylic acids is 1. The standard InChI is InChI=1S/C7H14N2O5S/c1-6(10)8-3-4-9-15(13,14)5-2-7(11)12/h9H,2-5H2,1H3,(H,8,10)(H,11,12). The minimum absolute atomic E-state index is 0.0571. The van der Waals surface area contributed by atoms with Crippen LogP contribution in [0.3, 0.4) is 0 Å². The van der Waals surface area contributed by atoms with Gasteiger partial charge >= 0.3 is 5.97 Å². The lowest BCUT2D eigenvalue weighted by Crippen LogP contribution is -2.35. The lowest BCUT2D eigenvalue weighted by Gasteiger charge is -2.05. The molecule has 0 aliphatic heterocycles. The maximum absolute atomic E-state index is 11.1. The third-order valence-corrected chi connectivity index (χ3v) is 2.79. The SMILES string of the molecule is CC(=O)NCCNS(=O)(=O)CCC(=O)O. The number of carboxylic acid groups (broad SMARTS) is 1. The van der Waals surface area contributed by atoms with Crippen molar-refractivity contribution in [3.05, 3.63) is 0 Å². The minimum Gasteiger partial charge on any atom is -0.481 e. The molecule has 0 aliphatic carbocycles. The van der Waals surface area contributed by atoms with Crippen LogP contribution >= 0.6 is 0 Å². The van der Waals surface area contributed by atoms with Crippen LogP contribution in [0.5, 0.6) is 0 Å². The quantitative estimate of drug-likeness (QED) is 0.468. The van der Waals surface area contributed by atoms with E-state index in [0.29, 0.717) is 0 Å². The van der Waals surface area contributed by atoms with Crippen molar-refractivity contribution in [3.8, 4) is 0 Å². The van der Waals surface area contributed by atoms with Gasteiger partial charge in [0.15, 0.2) is 0 Å². The second-order valence-electron chi connectivity index (χ2n) is 2.84. The Balaban J connectivity index is 3.75. The average molecular weight is 238 g/mol. The summed E-state index contributed by atoms with van der Waals surface area (Å²) in [5.74, 6) is -1.87. The molecule has 0 rings (SSSR count). The lowest BCUT2D eigenvalue weighted by molar-refractivity contribution is -0.136. The van der Waals surface area contributed by atoms with Crippen molar-refractivity contribution in [1.29, 1.82) is 0 Å². The van der Waals surface area contributed by atoms with E-state index in [0.717, 1.165) is 0 Å². The Morgan fingerprint density at radius 2 is 1.87 bits per heavy atom. The number of nitrogens with one attached hydrogen (secondary N) is 2. The highest BCUT2D eigenvalue weighted by Crippen LogP contribution is 1.88. The molecule has 0 bridgehead atoms. The molecule has 0 fully saturated rings. The zero-order valence-electron chi connectivity index (χ0n) is 8.32. The lowest BCUT2D eigenvalue weighted by atomic mass is 10.5. The van der Waals surface area contributed by atoms with Crippen molar-refractivity contribution in [3.63, 3.8) is 0 Å². The number of carboxylic acids is 1. The summed E-state index contributed by atoms with van der Waals surface area (Å²) in [4.78, 5) is 20.5. The van der Waals surface area contributed by atoms with Gasteiger partial charge in [0.05, 0.1) is 12.2 Å². The Kier molecular flexibility index (Phi) is 5.87. The van der Waals surface area contributed by atoms with Gasteiger partial charge in [-0.3, -0.25) is 9.59 Å². The first-order valence-corrected chi connectivity index (χ1v) is 5.92. The van der Waals surface area contributed by atoms with E-state index in [1.54, 1.807) is 0 Å². The molecule has 0 aliphatic rings. The van der Waals surface area contributed by atoms with Gasteiger partial charge in [0.1, 0.15) is 0 Å². The van der Waals surface area contributed by atoms with Crippen molar-refractivity contribution < 1.29 is 23.1 Å². The number of carbonyl (C=O) groups is 2. The van der Waals surface area contributed by atoms with Crippen LogP contribution in [0.1, 0.15) is 13.3 Å². The van der Waals surface area contributed by atoms with Crippen LogP contribution < -0.4 is 10.0 Å². The van der Waals surface area contributed by atoms with Crippen LogP contribution in [0.25, 0.3) is 0 Å². The maximum Gasteiger partial charge on any atom is 0.304 e. The minimum atomic E-state index is -3.56. The summed E-state index contributed by atoms with van der Waals surface area (Å²) in [7, 11) is -3.56. The summed E-state index contributed by atoms with van der Waals surface area (Å²) in [5, 5.41) is 10.7. The molecular weight excluding hydrogens is 224 g/mol. The molecule has 8 heteroatoms. The van der Waals surface area contributed by atoms with Gasteiger partial charge in [-0.15, -0.1) is 0 Å². The number of hydrogen-bond acceptors (Lipinski definition) is 4. The molecule has 0 unspecified atom stereocenters. The van der Waals surface area contributed by atoms with E-state index in [4.69, 9.17) is 5.11 Å².